The van der Waals surface area contributed by atoms with Crippen LogP contribution >= 0.6 is 0 Å². The van der Waals surface area contributed by atoms with Gasteiger partial charge in [-0.15, -0.1) is 0 Å². The number of carboxylic acid groups (broad SMARTS) is 1. The summed E-state index contributed by atoms with van der Waals surface area (Å²) in [4.78, 5) is 22.7. The van der Waals surface area contributed by atoms with Gasteiger partial charge in [-0.05, 0) is 19.3 Å². The Morgan fingerprint density at radius 3 is 2.88 bits per heavy atom. The monoisotopic (exact) mass is 245 g/mol. The van der Waals surface area contributed by atoms with Crippen molar-refractivity contribution in [1.82, 2.24) is 5.32 Å². The number of methoxy groups -OCH3 is 1. The van der Waals surface area contributed by atoms with E-state index in [-0.39, 0.29) is 11.8 Å². The van der Waals surface area contributed by atoms with Gasteiger partial charge in [-0.3, -0.25) is 4.79 Å². The molecule has 0 aromatic rings. The van der Waals surface area contributed by atoms with Crippen molar-refractivity contribution < 1.29 is 24.2 Å². The van der Waals surface area contributed by atoms with Crippen LogP contribution in [0.25, 0.3) is 0 Å². The molecule has 1 aliphatic heterocycles. The number of aliphatic carboxylic acids is 1. The summed E-state index contributed by atoms with van der Waals surface area (Å²) >= 11 is 0. The molecule has 0 aliphatic carbocycles. The third-order valence-electron chi connectivity index (χ3n) is 2.76. The van der Waals surface area contributed by atoms with E-state index in [0.29, 0.717) is 39.1 Å². The minimum Gasteiger partial charge on any atom is -0.480 e. The lowest BCUT2D eigenvalue weighted by Crippen LogP contribution is -2.43. The molecule has 1 saturated heterocycles. The van der Waals surface area contributed by atoms with Crippen LogP contribution in [-0.2, 0) is 19.1 Å². The Morgan fingerprint density at radius 1 is 1.59 bits per heavy atom. The molecule has 0 spiro atoms. The fourth-order valence-corrected chi connectivity index (χ4v) is 1.72. The Balaban J connectivity index is 2.36. The highest BCUT2D eigenvalue weighted by molar-refractivity contribution is 5.85. The molecule has 1 rings (SSSR count). The molecule has 1 fully saturated rings. The van der Waals surface area contributed by atoms with E-state index in [2.05, 4.69) is 5.32 Å². The minimum atomic E-state index is -1.01. The molecule has 0 aromatic heterocycles. The van der Waals surface area contributed by atoms with Gasteiger partial charge in [-0.2, -0.15) is 0 Å². The number of amides is 1. The van der Waals surface area contributed by atoms with Crippen molar-refractivity contribution in [3.63, 3.8) is 0 Å². The van der Waals surface area contributed by atoms with Crippen molar-refractivity contribution >= 4 is 11.9 Å². The molecule has 2 atom stereocenters. The highest BCUT2D eigenvalue weighted by Crippen LogP contribution is 2.12. The molecule has 0 aromatic carbocycles. The van der Waals surface area contributed by atoms with Crippen LogP contribution in [0.2, 0.25) is 0 Å². The zero-order chi connectivity index (χ0) is 12.7. The first-order chi connectivity index (χ1) is 8.15. The minimum absolute atomic E-state index is 0.209. The lowest BCUT2D eigenvalue weighted by molar-refractivity contribution is -0.142. The van der Waals surface area contributed by atoms with E-state index in [1.807, 2.05) is 0 Å². The lowest BCUT2D eigenvalue weighted by atomic mass is 10.1. The van der Waals surface area contributed by atoms with Gasteiger partial charge in [0.25, 0.3) is 0 Å². The van der Waals surface area contributed by atoms with E-state index in [9.17, 15) is 9.59 Å². The molecule has 17 heavy (non-hydrogen) atoms. The zero-order valence-corrected chi connectivity index (χ0v) is 9.98. The summed E-state index contributed by atoms with van der Waals surface area (Å²) < 4.78 is 9.94. The molecule has 6 heteroatoms. The van der Waals surface area contributed by atoms with Crippen LogP contribution in [0.15, 0.2) is 0 Å². The molecular formula is C11H19NO5. The average molecular weight is 245 g/mol. The summed E-state index contributed by atoms with van der Waals surface area (Å²) in [6, 6.07) is -0.835. The number of hydrogen-bond acceptors (Lipinski definition) is 4. The van der Waals surface area contributed by atoms with E-state index >= 15 is 0 Å². The Bertz CT molecular complexity index is 263. The molecule has 1 amide bonds. The second-order valence-electron chi connectivity index (χ2n) is 4.09. The molecule has 2 N–H and O–H groups in total. The third-order valence-corrected chi connectivity index (χ3v) is 2.76. The summed E-state index contributed by atoms with van der Waals surface area (Å²) in [6.45, 7) is 1.45. The van der Waals surface area contributed by atoms with Crippen molar-refractivity contribution in [2.45, 2.75) is 25.3 Å². The molecule has 0 radical (unpaired) electrons. The quantitative estimate of drug-likeness (QED) is 0.618. The number of rotatable bonds is 7. The second kappa shape index (κ2) is 7.24. The first-order valence-electron chi connectivity index (χ1n) is 5.75. The van der Waals surface area contributed by atoms with Gasteiger partial charge in [0.05, 0.1) is 12.5 Å². The van der Waals surface area contributed by atoms with Crippen molar-refractivity contribution in [2.75, 3.05) is 26.9 Å². The molecule has 98 valence electrons. The molecular weight excluding hydrogens is 226 g/mol. The third kappa shape index (κ3) is 4.70. The fraction of sp³-hybridized carbons (Fsp3) is 0.818. The van der Waals surface area contributed by atoms with E-state index < -0.39 is 12.0 Å². The fourth-order valence-electron chi connectivity index (χ4n) is 1.72. The van der Waals surface area contributed by atoms with Gasteiger partial charge in [-0.25, -0.2) is 4.79 Å². The summed E-state index contributed by atoms with van der Waals surface area (Å²) in [6.07, 6.45) is 1.65. The molecule has 0 bridgehead atoms. The Labute approximate surface area is 100 Å². The summed E-state index contributed by atoms with van der Waals surface area (Å²) in [5.41, 5.74) is 0. The summed E-state index contributed by atoms with van der Waals surface area (Å²) in [5, 5.41) is 11.5. The van der Waals surface area contributed by atoms with Crippen molar-refractivity contribution in [3.8, 4) is 0 Å². The topological polar surface area (TPSA) is 84.9 Å². The van der Waals surface area contributed by atoms with Crippen LogP contribution < -0.4 is 5.32 Å². The number of carbonyl (C=O) groups is 2. The van der Waals surface area contributed by atoms with Gasteiger partial charge in [-0.1, -0.05) is 0 Å². The molecule has 1 aliphatic rings. The molecule has 0 saturated carbocycles. The van der Waals surface area contributed by atoms with Crippen LogP contribution in [0, 0.1) is 5.92 Å². The van der Waals surface area contributed by atoms with Crippen molar-refractivity contribution in [2.24, 2.45) is 5.92 Å². The number of ether oxygens (including phenoxy) is 2. The van der Waals surface area contributed by atoms with E-state index in [0.717, 1.165) is 0 Å². The van der Waals surface area contributed by atoms with Gasteiger partial charge >= 0.3 is 5.97 Å². The predicted molar refractivity (Wildman–Crippen MR) is 59.6 cm³/mol. The standard InChI is InChI=1S/C11H19NO5/c1-16-5-2-3-9(11(14)15)12-10(13)8-4-6-17-7-8/h8-9H,2-7H2,1H3,(H,12,13)(H,14,15). The van der Waals surface area contributed by atoms with E-state index in [4.69, 9.17) is 14.6 Å². The zero-order valence-electron chi connectivity index (χ0n) is 9.98. The molecule has 1 heterocycles. The van der Waals surface area contributed by atoms with Crippen LogP contribution in [0.1, 0.15) is 19.3 Å². The maximum Gasteiger partial charge on any atom is 0.326 e. The van der Waals surface area contributed by atoms with Crippen molar-refractivity contribution in [1.29, 1.82) is 0 Å². The predicted octanol–water partition coefficient (Wildman–Crippen LogP) is 0.0189. The maximum atomic E-state index is 11.7. The number of hydrogen-bond donors (Lipinski definition) is 2. The number of nitrogens with one attached hydrogen (secondary N) is 1. The summed E-state index contributed by atoms with van der Waals surface area (Å²) in [7, 11) is 1.56. The van der Waals surface area contributed by atoms with Gasteiger partial charge < -0.3 is 19.9 Å². The second-order valence-corrected chi connectivity index (χ2v) is 4.09. The van der Waals surface area contributed by atoms with E-state index in [1.54, 1.807) is 7.11 Å². The Morgan fingerprint density at radius 2 is 2.35 bits per heavy atom. The normalized spacial score (nSPS) is 21.1. The smallest absolute Gasteiger partial charge is 0.326 e. The van der Waals surface area contributed by atoms with Gasteiger partial charge in [0.15, 0.2) is 0 Å². The highest BCUT2D eigenvalue weighted by Gasteiger charge is 2.27. The van der Waals surface area contributed by atoms with Gasteiger partial charge in [0, 0.05) is 20.3 Å². The Hall–Kier alpha value is -1.14. The van der Waals surface area contributed by atoms with Crippen LogP contribution in [0.3, 0.4) is 0 Å². The van der Waals surface area contributed by atoms with Crippen LogP contribution in [0.4, 0.5) is 0 Å². The molecule has 2 unspecified atom stereocenters. The van der Waals surface area contributed by atoms with E-state index in [1.165, 1.54) is 0 Å². The first kappa shape index (κ1) is 13.9. The lowest BCUT2D eigenvalue weighted by Gasteiger charge is -2.16. The SMILES string of the molecule is COCCCC(NC(=O)C1CCOC1)C(=O)O. The maximum absolute atomic E-state index is 11.7. The van der Waals surface area contributed by atoms with Gasteiger partial charge in [0.2, 0.25) is 5.91 Å². The van der Waals surface area contributed by atoms with Crippen molar-refractivity contribution in [3.05, 3.63) is 0 Å². The van der Waals surface area contributed by atoms with Gasteiger partial charge in [0.1, 0.15) is 6.04 Å². The summed E-state index contributed by atoms with van der Waals surface area (Å²) in [5.74, 6) is -1.44. The number of carbonyl (C=O) groups excluding carboxylic acids is 1. The Kier molecular flexibility index (Phi) is 5.93. The molecule has 6 nitrogen and oxygen atoms in total. The van der Waals surface area contributed by atoms with Crippen LogP contribution in [0.5, 0.6) is 0 Å². The highest BCUT2D eigenvalue weighted by atomic mass is 16.5. The average Bonchev–Trinajstić information content (AvgIpc) is 2.81. The van der Waals surface area contributed by atoms with Crippen LogP contribution in [-0.4, -0.2) is 50.0 Å². The first-order valence-corrected chi connectivity index (χ1v) is 5.75. The number of carboxylic acids is 1. The largest absolute Gasteiger partial charge is 0.480 e.